The maximum atomic E-state index is 12.0. The summed E-state index contributed by atoms with van der Waals surface area (Å²) in [6.07, 6.45) is 10.1. The van der Waals surface area contributed by atoms with E-state index in [-0.39, 0.29) is 0 Å². The second-order valence-electron chi connectivity index (χ2n) is 7.14. The third-order valence-electron chi connectivity index (χ3n) is 4.80. The molecule has 0 bridgehead atoms. The van der Waals surface area contributed by atoms with Gasteiger partial charge >= 0.3 is 0 Å². The van der Waals surface area contributed by atoms with Gasteiger partial charge in [0, 0.05) is 24.2 Å². The first-order valence-corrected chi connectivity index (χ1v) is 9.84. The van der Waals surface area contributed by atoms with E-state index in [4.69, 9.17) is 11.5 Å². The van der Waals surface area contributed by atoms with Gasteiger partial charge in [0.1, 0.15) is 5.78 Å². The Morgan fingerprint density at radius 2 is 0.962 bits per heavy atom. The highest BCUT2D eigenvalue weighted by molar-refractivity contribution is 5.78. The number of ketones is 1. The van der Waals surface area contributed by atoms with Crippen LogP contribution in [0, 0.1) is 0 Å². The number of rotatable bonds is 12. The number of hydrogen-bond donors (Lipinski definition) is 2. The number of hydrogen-bond acceptors (Lipinski definition) is 3. The van der Waals surface area contributed by atoms with Crippen LogP contribution in [0.1, 0.15) is 62.5 Å². The zero-order valence-electron chi connectivity index (χ0n) is 15.8. The summed E-state index contributed by atoms with van der Waals surface area (Å²) in [5.41, 5.74) is 15.7. The van der Waals surface area contributed by atoms with E-state index >= 15 is 0 Å². The normalized spacial score (nSPS) is 10.8. The molecule has 2 aromatic carbocycles. The molecule has 0 heterocycles. The van der Waals surface area contributed by atoms with Crippen molar-refractivity contribution in [3.63, 3.8) is 0 Å². The first kappa shape index (κ1) is 20.0. The molecule has 4 N–H and O–H groups in total. The van der Waals surface area contributed by atoms with E-state index in [1.54, 1.807) is 0 Å². The fraction of sp³-hybridized carbons (Fsp3) is 0.435. The Labute approximate surface area is 157 Å². The summed E-state index contributed by atoms with van der Waals surface area (Å²) >= 11 is 0. The number of anilines is 2. The Morgan fingerprint density at radius 1 is 0.577 bits per heavy atom. The van der Waals surface area contributed by atoms with Crippen LogP contribution in [0.2, 0.25) is 0 Å². The molecule has 2 aromatic rings. The fourth-order valence-electron chi connectivity index (χ4n) is 3.15. The van der Waals surface area contributed by atoms with Crippen LogP contribution in [0.4, 0.5) is 11.4 Å². The lowest BCUT2D eigenvalue weighted by atomic mass is 10.0. The predicted molar refractivity (Wildman–Crippen MR) is 111 cm³/mol. The Hall–Kier alpha value is -2.29. The second-order valence-corrected chi connectivity index (χ2v) is 7.14. The molecule has 2 rings (SSSR count). The summed E-state index contributed by atoms with van der Waals surface area (Å²) in [4.78, 5) is 12.0. The van der Waals surface area contributed by atoms with Crippen molar-refractivity contribution < 1.29 is 4.79 Å². The number of aryl methyl sites for hydroxylation is 2. The van der Waals surface area contributed by atoms with Gasteiger partial charge in [-0.05, 0) is 73.9 Å². The summed E-state index contributed by atoms with van der Waals surface area (Å²) in [7, 11) is 0. The molecule has 0 fully saturated rings. The van der Waals surface area contributed by atoms with Crippen molar-refractivity contribution in [3.8, 4) is 0 Å². The highest BCUT2D eigenvalue weighted by Gasteiger charge is 2.02. The maximum absolute atomic E-state index is 12.0. The molecule has 0 unspecified atom stereocenters. The lowest BCUT2D eigenvalue weighted by molar-refractivity contribution is -0.119. The molecule has 0 aliphatic heterocycles. The average Bonchev–Trinajstić information content (AvgIpc) is 2.64. The summed E-state index contributed by atoms with van der Waals surface area (Å²) in [5.74, 6) is 0.421. The van der Waals surface area contributed by atoms with Gasteiger partial charge in [-0.25, -0.2) is 0 Å². The van der Waals surface area contributed by atoms with Gasteiger partial charge in [0.2, 0.25) is 0 Å². The largest absolute Gasteiger partial charge is 0.399 e. The van der Waals surface area contributed by atoms with E-state index < -0.39 is 0 Å². The Morgan fingerprint density at radius 3 is 1.35 bits per heavy atom. The maximum Gasteiger partial charge on any atom is 0.132 e. The van der Waals surface area contributed by atoms with E-state index in [1.165, 1.54) is 11.1 Å². The second kappa shape index (κ2) is 11.3. The molecule has 3 nitrogen and oxygen atoms in total. The van der Waals surface area contributed by atoms with Gasteiger partial charge in [0.05, 0.1) is 0 Å². The van der Waals surface area contributed by atoms with Crippen molar-refractivity contribution in [2.75, 3.05) is 11.5 Å². The standard InChI is InChI=1S/C23H32N2O/c24-21-15-11-19(12-16-21)7-3-1-5-9-23(26)10-6-2-4-8-20-13-17-22(25)18-14-20/h11-18H,1-10,24-25H2. The van der Waals surface area contributed by atoms with Crippen molar-refractivity contribution >= 4 is 17.2 Å². The molecular formula is C23H32N2O. The Balaban J connectivity index is 1.45. The molecule has 0 aliphatic carbocycles. The molecule has 0 saturated carbocycles. The molecule has 140 valence electrons. The highest BCUT2D eigenvalue weighted by atomic mass is 16.1. The van der Waals surface area contributed by atoms with Crippen molar-refractivity contribution in [3.05, 3.63) is 59.7 Å². The van der Waals surface area contributed by atoms with Gasteiger partial charge in [-0.1, -0.05) is 37.1 Å². The number of Topliss-reactive ketones (excluding diaryl/α,β-unsaturated/α-hetero) is 1. The molecule has 3 heteroatoms. The van der Waals surface area contributed by atoms with Crippen LogP contribution >= 0.6 is 0 Å². The minimum Gasteiger partial charge on any atom is -0.399 e. The minimum atomic E-state index is 0.421. The van der Waals surface area contributed by atoms with Crippen molar-refractivity contribution in [2.24, 2.45) is 0 Å². The fourth-order valence-corrected chi connectivity index (χ4v) is 3.15. The Kier molecular flexibility index (Phi) is 8.74. The smallest absolute Gasteiger partial charge is 0.132 e. The van der Waals surface area contributed by atoms with E-state index in [2.05, 4.69) is 24.3 Å². The molecule has 0 aliphatic rings. The lowest BCUT2D eigenvalue weighted by Crippen LogP contribution is -1.98. The van der Waals surface area contributed by atoms with E-state index in [1.807, 2.05) is 24.3 Å². The van der Waals surface area contributed by atoms with Gasteiger partial charge in [-0.2, -0.15) is 0 Å². The topological polar surface area (TPSA) is 69.1 Å². The number of carbonyl (C=O) groups excluding carboxylic acids is 1. The van der Waals surface area contributed by atoms with Crippen LogP contribution in [0.3, 0.4) is 0 Å². The summed E-state index contributed by atoms with van der Waals surface area (Å²) < 4.78 is 0. The molecule has 26 heavy (non-hydrogen) atoms. The molecule has 0 saturated heterocycles. The SMILES string of the molecule is Nc1ccc(CCCCCC(=O)CCCCCc2ccc(N)cc2)cc1. The summed E-state index contributed by atoms with van der Waals surface area (Å²) in [6.45, 7) is 0. The summed E-state index contributed by atoms with van der Waals surface area (Å²) in [6, 6.07) is 16.2. The Bertz CT molecular complexity index is 589. The number of nitrogens with two attached hydrogens (primary N) is 2. The first-order valence-electron chi connectivity index (χ1n) is 9.84. The molecule has 0 spiro atoms. The van der Waals surface area contributed by atoms with Crippen LogP contribution in [0.15, 0.2) is 48.5 Å². The minimum absolute atomic E-state index is 0.421. The molecule has 0 aromatic heterocycles. The van der Waals surface area contributed by atoms with Gasteiger partial charge < -0.3 is 11.5 Å². The zero-order valence-corrected chi connectivity index (χ0v) is 15.8. The van der Waals surface area contributed by atoms with Crippen LogP contribution in [0.5, 0.6) is 0 Å². The van der Waals surface area contributed by atoms with E-state index in [9.17, 15) is 4.79 Å². The number of benzene rings is 2. The molecule has 0 atom stereocenters. The quantitative estimate of drug-likeness (QED) is 0.401. The van der Waals surface area contributed by atoms with E-state index in [0.717, 1.165) is 75.6 Å². The van der Waals surface area contributed by atoms with Gasteiger partial charge in [0.25, 0.3) is 0 Å². The number of nitrogen functional groups attached to an aromatic ring is 2. The molecular weight excluding hydrogens is 320 g/mol. The number of unbranched alkanes of at least 4 members (excludes halogenated alkanes) is 4. The van der Waals surface area contributed by atoms with Gasteiger partial charge in [0.15, 0.2) is 0 Å². The first-order chi connectivity index (χ1) is 12.6. The lowest BCUT2D eigenvalue weighted by Gasteiger charge is -2.04. The van der Waals surface area contributed by atoms with Crippen LogP contribution in [0.25, 0.3) is 0 Å². The van der Waals surface area contributed by atoms with E-state index in [0.29, 0.717) is 5.78 Å². The van der Waals surface area contributed by atoms with Crippen molar-refractivity contribution in [1.82, 2.24) is 0 Å². The zero-order chi connectivity index (χ0) is 18.6. The van der Waals surface area contributed by atoms with Crippen LogP contribution < -0.4 is 11.5 Å². The summed E-state index contributed by atoms with van der Waals surface area (Å²) in [5, 5.41) is 0. The third-order valence-corrected chi connectivity index (χ3v) is 4.80. The van der Waals surface area contributed by atoms with Crippen molar-refractivity contribution in [2.45, 2.75) is 64.2 Å². The van der Waals surface area contributed by atoms with Gasteiger partial charge in [-0.15, -0.1) is 0 Å². The monoisotopic (exact) mass is 352 g/mol. The molecule has 0 amide bonds. The number of carbonyl (C=O) groups is 1. The molecule has 0 radical (unpaired) electrons. The average molecular weight is 353 g/mol. The van der Waals surface area contributed by atoms with Gasteiger partial charge in [-0.3, -0.25) is 4.79 Å². The van der Waals surface area contributed by atoms with Crippen LogP contribution in [-0.4, -0.2) is 5.78 Å². The van der Waals surface area contributed by atoms with Crippen LogP contribution in [-0.2, 0) is 17.6 Å². The van der Waals surface area contributed by atoms with Crippen molar-refractivity contribution in [1.29, 1.82) is 0 Å². The highest BCUT2D eigenvalue weighted by Crippen LogP contribution is 2.13. The third kappa shape index (κ3) is 8.19. The predicted octanol–water partition coefficient (Wildman–Crippen LogP) is 5.33.